The number of nitrogens with two attached hydrogens (primary N) is 1. The van der Waals surface area contributed by atoms with Gasteiger partial charge >= 0.3 is 0 Å². The molecule has 0 aliphatic rings. The predicted molar refractivity (Wildman–Crippen MR) is 64.9 cm³/mol. The van der Waals surface area contributed by atoms with Crippen LogP contribution < -0.4 is 15.2 Å². The first kappa shape index (κ1) is 13.0. The van der Waals surface area contributed by atoms with Gasteiger partial charge in [-0.3, -0.25) is 0 Å². The summed E-state index contributed by atoms with van der Waals surface area (Å²) in [6.45, 7) is 3.76. The van der Waals surface area contributed by atoms with Crippen LogP contribution in [0.5, 0.6) is 0 Å². The highest BCUT2D eigenvalue weighted by Crippen LogP contribution is 2.06. The van der Waals surface area contributed by atoms with Crippen LogP contribution in [0.2, 0.25) is 0 Å². The van der Waals surface area contributed by atoms with Gasteiger partial charge < -0.3 is 5.73 Å². The molecule has 0 aromatic heterocycles. The van der Waals surface area contributed by atoms with Crippen molar-refractivity contribution >= 4 is 15.9 Å². The summed E-state index contributed by atoms with van der Waals surface area (Å²) in [6.07, 6.45) is 0. The highest BCUT2D eigenvalue weighted by molar-refractivity contribution is 7.87. The maximum Gasteiger partial charge on any atom is 0.277 e. The lowest BCUT2D eigenvalue weighted by atomic mass is 10.2. The maximum absolute atomic E-state index is 11.4. The second-order valence-corrected chi connectivity index (χ2v) is 5.37. The zero-order valence-electron chi connectivity index (χ0n) is 9.40. The van der Waals surface area contributed by atoms with Crippen molar-refractivity contribution in [3.05, 3.63) is 29.8 Å². The summed E-state index contributed by atoms with van der Waals surface area (Å²) in [7, 11) is -3.43. The van der Waals surface area contributed by atoms with Crippen molar-refractivity contribution in [1.29, 1.82) is 0 Å². The molecule has 0 bridgehead atoms. The number of nitrogen functional groups attached to an aromatic ring is 1. The molecule has 0 aliphatic carbocycles. The van der Waals surface area contributed by atoms with Gasteiger partial charge in [-0.25, -0.2) is 0 Å². The second-order valence-electron chi connectivity index (χ2n) is 3.84. The van der Waals surface area contributed by atoms with E-state index in [1.54, 1.807) is 32.0 Å². The van der Waals surface area contributed by atoms with Crippen LogP contribution in [0.15, 0.2) is 24.3 Å². The molecule has 0 saturated carbocycles. The fourth-order valence-electron chi connectivity index (χ4n) is 1.23. The number of anilines is 1. The maximum atomic E-state index is 11.4. The molecular weight excluding hydrogens is 226 g/mol. The number of nitrogens with one attached hydrogen (secondary N) is 2. The first-order chi connectivity index (χ1) is 7.39. The first-order valence-electron chi connectivity index (χ1n) is 5.00. The Morgan fingerprint density at radius 1 is 1.38 bits per heavy atom. The molecule has 6 heteroatoms. The number of hydrogen-bond acceptors (Lipinski definition) is 3. The summed E-state index contributed by atoms with van der Waals surface area (Å²) in [6, 6.07) is 6.96. The molecule has 5 nitrogen and oxygen atoms in total. The minimum absolute atomic E-state index is 0.127. The van der Waals surface area contributed by atoms with Crippen LogP contribution in [0.25, 0.3) is 0 Å². The largest absolute Gasteiger partial charge is 0.399 e. The number of benzene rings is 1. The summed E-state index contributed by atoms with van der Waals surface area (Å²) in [5.74, 6) is 0. The summed E-state index contributed by atoms with van der Waals surface area (Å²) in [4.78, 5) is 0. The Balaban J connectivity index is 2.58. The van der Waals surface area contributed by atoms with Crippen LogP contribution in [0.4, 0.5) is 5.69 Å². The van der Waals surface area contributed by atoms with Gasteiger partial charge in [-0.1, -0.05) is 12.1 Å². The van der Waals surface area contributed by atoms with E-state index >= 15 is 0 Å². The van der Waals surface area contributed by atoms with E-state index < -0.39 is 10.2 Å². The number of hydrogen-bond donors (Lipinski definition) is 3. The smallest absolute Gasteiger partial charge is 0.277 e. The lowest BCUT2D eigenvalue weighted by Gasteiger charge is -2.10. The van der Waals surface area contributed by atoms with Gasteiger partial charge in [-0.15, -0.1) is 0 Å². The van der Waals surface area contributed by atoms with E-state index in [4.69, 9.17) is 5.73 Å². The second kappa shape index (κ2) is 5.29. The highest BCUT2D eigenvalue weighted by atomic mass is 32.2. The van der Waals surface area contributed by atoms with E-state index in [2.05, 4.69) is 9.44 Å². The lowest BCUT2D eigenvalue weighted by Crippen LogP contribution is -2.39. The van der Waals surface area contributed by atoms with E-state index in [1.807, 2.05) is 6.07 Å². The Bertz CT molecular complexity index is 443. The number of rotatable bonds is 5. The normalized spacial score (nSPS) is 11.9. The van der Waals surface area contributed by atoms with Gasteiger partial charge in [0.05, 0.1) is 0 Å². The molecule has 1 rings (SSSR count). The minimum Gasteiger partial charge on any atom is -0.399 e. The molecule has 0 aliphatic heterocycles. The Hall–Kier alpha value is -1.11. The zero-order valence-corrected chi connectivity index (χ0v) is 10.2. The topological polar surface area (TPSA) is 84.2 Å². The fourth-order valence-corrected chi connectivity index (χ4v) is 2.29. The molecule has 0 fully saturated rings. The summed E-state index contributed by atoms with van der Waals surface area (Å²) >= 11 is 0. The van der Waals surface area contributed by atoms with Gasteiger partial charge in [0.15, 0.2) is 0 Å². The molecule has 1 aromatic rings. The Labute approximate surface area is 96.2 Å². The Morgan fingerprint density at radius 2 is 2.06 bits per heavy atom. The van der Waals surface area contributed by atoms with Crippen LogP contribution >= 0.6 is 0 Å². The lowest BCUT2D eigenvalue weighted by molar-refractivity contribution is 0.554. The minimum atomic E-state index is -3.43. The quantitative estimate of drug-likeness (QED) is 0.662. The summed E-state index contributed by atoms with van der Waals surface area (Å²) < 4.78 is 27.8. The standard InChI is InChI=1S/C10H17N3O2S/c1-8(2)13-16(14,15)12-7-9-4-3-5-10(11)6-9/h3-6,8,12-13H,7,11H2,1-2H3. The van der Waals surface area contributed by atoms with Gasteiger partial charge in [0.1, 0.15) is 0 Å². The molecule has 0 saturated heterocycles. The first-order valence-corrected chi connectivity index (χ1v) is 6.49. The molecule has 4 N–H and O–H groups in total. The SMILES string of the molecule is CC(C)NS(=O)(=O)NCc1cccc(N)c1. The van der Waals surface area contributed by atoms with Gasteiger partial charge in [-0.2, -0.15) is 17.9 Å². The molecule has 0 radical (unpaired) electrons. The summed E-state index contributed by atoms with van der Waals surface area (Å²) in [5, 5.41) is 0. The molecule has 0 heterocycles. The van der Waals surface area contributed by atoms with Gasteiger partial charge in [0.25, 0.3) is 10.2 Å². The van der Waals surface area contributed by atoms with Crippen LogP contribution in [-0.2, 0) is 16.8 Å². The van der Waals surface area contributed by atoms with E-state index in [0.717, 1.165) is 5.56 Å². The molecule has 0 spiro atoms. The summed E-state index contributed by atoms with van der Waals surface area (Å²) in [5.41, 5.74) is 7.03. The molecule has 0 unspecified atom stereocenters. The van der Waals surface area contributed by atoms with Crippen molar-refractivity contribution < 1.29 is 8.42 Å². The van der Waals surface area contributed by atoms with Crippen molar-refractivity contribution in [3.63, 3.8) is 0 Å². The predicted octanol–water partition coefficient (Wildman–Crippen LogP) is 0.601. The van der Waals surface area contributed by atoms with E-state index in [0.29, 0.717) is 5.69 Å². The Kier molecular flexibility index (Phi) is 4.28. The highest BCUT2D eigenvalue weighted by Gasteiger charge is 2.10. The van der Waals surface area contributed by atoms with E-state index in [-0.39, 0.29) is 12.6 Å². The molecular formula is C10H17N3O2S. The average Bonchev–Trinajstić information content (AvgIpc) is 2.13. The van der Waals surface area contributed by atoms with Gasteiger partial charge in [0, 0.05) is 18.3 Å². The third-order valence-corrected chi connectivity index (χ3v) is 3.11. The van der Waals surface area contributed by atoms with Crippen molar-refractivity contribution in [2.45, 2.75) is 26.4 Å². The van der Waals surface area contributed by atoms with Crippen molar-refractivity contribution in [2.75, 3.05) is 5.73 Å². The molecule has 16 heavy (non-hydrogen) atoms. The molecule has 1 aromatic carbocycles. The molecule has 90 valence electrons. The van der Waals surface area contributed by atoms with E-state index in [9.17, 15) is 8.42 Å². The van der Waals surface area contributed by atoms with E-state index in [1.165, 1.54) is 0 Å². The van der Waals surface area contributed by atoms with Crippen LogP contribution in [0.1, 0.15) is 19.4 Å². The monoisotopic (exact) mass is 243 g/mol. The van der Waals surface area contributed by atoms with Crippen LogP contribution in [-0.4, -0.2) is 14.5 Å². The van der Waals surface area contributed by atoms with Crippen molar-refractivity contribution in [3.8, 4) is 0 Å². The molecule has 0 amide bonds. The van der Waals surface area contributed by atoms with Crippen molar-refractivity contribution in [1.82, 2.24) is 9.44 Å². The van der Waals surface area contributed by atoms with Crippen LogP contribution in [0.3, 0.4) is 0 Å². The molecule has 0 atom stereocenters. The zero-order chi connectivity index (χ0) is 12.2. The van der Waals surface area contributed by atoms with Crippen LogP contribution in [0, 0.1) is 0 Å². The van der Waals surface area contributed by atoms with Gasteiger partial charge in [0.2, 0.25) is 0 Å². The third kappa shape index (κ3) is 4.61. The Morgan fingerprint density at radius 3 is 2.62 bits per heavy atom. The van der Waals surface area contributed by atoms with Crippen molar-refractivity contribution in [2.24, 2.45) is 0 Å². The van der Waals surface area contributed by atoms with Gasteiger partial charge in [-0.05, 0) is 31.5 Å². The fraction of sp³-hybridized carbons (Fsp3) is 0.400. The average molecular weight is 243 g/mol. The third-order valence-electron chi connectivity index (χ3n) is 1.81.